The van der Waals surface area contributed by atoms with E-state index in [1.165, 1.54) is 19.1 Å². The monoisotopic (exact) mass is 537 g/mol. The fourth-order valence-electron chi connectivity index (χ4n) is 4.73. The Labute approximate surface area is 225 Å². The summed E-state index contributed by atoms with van der Waals surface area (Å²) < 4.78 is 14.9. The predicted octanol–water partition coefficient (Wildman–Crippen LogP) is 3.60. The molecule has 0 saturated heterocycles. The molecule has 1 heterocycles. The van der Waals surface area contributed by atoms with E-state index in [4.69, 9.17) is 20.9 Å². The molecule has 11 heteroatoms. The van der Waals surface area contributed by atoms with Crippen LogP contribution in [0, 0.1) is 6.92 Å². The van der Waals surface area contributed by atoms with Crippen molar-refractivity contribution in [2.45, 2.75) is 44.7 Å². The molecule has 3 aromatic rings. The summed E-state index contributed by atoms with van der Waals surface area (Å²) in [6, 6.07) is 11.3. The summed E-state index contributed by atoms with van der Waals surface area (Å²) >= 11 is 0.769. The first-order valence-electron chi connectivity index (χ1n) is 12.2. The van der Waals surface area contributed by atoms with Crippen molar-refractivity contribution in [1.82, 2.24) is 9.69 Å². The van der Waals surface area contributed by atoms with E-state index in [0.29, 0.717) is 22.7 Å². The number of benzene rings is 2. The molecule has 0 aliphatic heterocycles. The van der Waals surface area contributed by atoms with E-state index >= 15 is 0 Å². The molecule has 0 unspecified atom stereocenters. The first kappa shape index (κ1) is 26.9. The van der Waals surface area contributed by atoms with E-state index < -0.39 is 17.9 Å². The third-order valence-electron chi connectivity index (χ3n) is 6.68. The maximum atomic E-state index is 14.2. The number of nitrogens with zero attached hydrogens (tertiary/aromatic N) is 2. The molecule has 3 amide bonds. The Bertz CT molecular complexity index is 1350. The van der Waals surface area contributed by atoms with Crippen LogP contribution in [0.15, 0.2) is 42.5 Å². The van der Waals surface area contributed by atoms with Crippen molar-refractivity contribution in [2.24, 2.45) is 5.73 Å². The van der Waals surface area contributed by atoms with Gasteiger partial charge in [0.15, 0.2) is 17.2 Å². The van der Waals surface area contributed by atoms with Crippen molar-refractivity contribution in [3.8, 4) is 11.5 Å². The minimum atomic E-state index is -1.09. The molecule has 5 N–H and O–H groups in total. The third kappa shape index (κ3) is 5.28. The number of hydrogen-bond donors (Lipinski definition) is 3. The number of nitrogens with one attached hydrogen (secondary N) is 1. The van der Waals surface area contributed by atoms with Gasteiger partial charge in [0.05, 0.1) is 19.9 Å². The molecule has 2 aromatic carbocycles. The van der Waals surface area contributed by atoms with Gasteiger partial charge in [-0.3, -0.25) is 19.3 Å². The molecule has 1 aliphatic rings. The number of aromatic nitrogens is 1. The second kappa shape index (κ2) is 11.5. The highest BCUT2D eigenvalue weighted by atomic mass is 32.1. The summed E-state index contributed by atoms with van der Waals surface area (Å²) in [5.41, 5.74) is 13.0. The number of carbonyl (C=O) groups is 3. The van der Waals surface area contributed by atoms with Crippen molar-refractivity contribution in [2.75, 3.05) is 24.9 Å². The average molecular weight is 538 g/mol. The summed E-state index contributed by atoms with van der Waals surface area (Å²) in [4.78, 5) is 41.5. The Morgan fingerprint density at radius 1 is 1.08 bits per heavy atom. The zero-order valence-electron chi connectivity index (χ0n) is 21.5. The smallest absolute Gasteiger partial charge is 0.273 e. The Balaban J connectivity index is 1.91. The first-order valence-corrected chi connectivity index (χ1v) is 13.0. The van der Waals surface area contributed by atoms with Gasteiger partial charge in [-0.05, 0) is 60.6 Å². The van der Waals surface area contributed by atoms with E-state index in [9.17, 15) is 14.4 Å². The molecular formula is C27H31N5O5S. The molecule has 200 valence electrons. The molecule has 0 spiro atoms. The minimum absolute atomic E-state index is 0.00824. The van der Waals surface area contributed by atoms with E-state index in [1.807, 2.05) is 19.1 Å². The van der Waals surface area contributed by atoms with Crippen LogP contribution in [0.5, 0.6) is 11.5 Å². The molecule has 0 bridgehead atoms. The van der Waals surface area contributed by atoms with Gasteiger partial charge in [0, 0.05) is 11.7 Å². The third-order valence-corrected chi connectivity index (χ3v) is 7.53. The molecule has 1 atom stereocenters. The van der Waals surface area contributed by atoms with Crippen molar-refractivity contribution < 1.29 is 23.9 Å². The van der Waals surface area contributed by atoms with Crippen LogP contribution in [0.2, 0.25) is 0 Å². The number of hydrogen-bond acceptors (Lipinski definition) is 8. The molecule has 1 saturated carbocycles. The molecule has 4 rings (SSSR count). The second-order valence-electron chi connectivity index (χ2n) is 9.11. The normalized spacial score (nSPS) is 14.1. The quantitative estimate of drug-likeness (QED) is 0.377. The van der Waals surface area contributed by atoms with Gasteiger partial charge >= 0.3 is 0 Å². The largest absolute Gasteiger partial charge is 0.493 e. The van der Waals surface area contributed by atoms with Crippen LogP contribution in [-0.4, -0.2) is 42.4 Å². The van der Waals surface area contributed by atoms with Crippen LogP contribution in [0.25, 0.3) is 0 Å². The summed E-state index contributed by atoms with van der Waals surface area (Å²) in [5, 5.41) is 3.14. The number of primary amides is 1. The number of ether oxygens (including phenoxy) is 2. The summed E-state index contributed by atoms with van der Waals surface area (Å²) in [6.07, 6.45) is 3.79. The fourth-order valence-corrected chi connectivity index (χ4v) is 5.47. The molecule has 10 nitrogen and oxygen atoms in total. The van der Waals surface area contributed by atoms with Gasteiger partial charge in [0.1, 0.15) is 10.9 Å². The number of aryl methyl sites for hydroxylation is 1. The van der Waals surface area contributed by atoms with Crippen LogP contribution in [0.1, 0.15) is 63.0 Å². The number of para-hydroxylation sites is 1. The zero-order chi connectivity index (χ0) is 27.4. The lowest BCUT2D eigenvalue weighted by Crippen LogP contribution is -2.46. The Morgan fingerprint density at radius 2 is 1.76 bits per heavy atom. The zero-order valence-corrected chi connectivity index (χ0v) is 22.3. The van der Waals surface area contributed by atoms with Gasteiger partial charge in [-0.15, -0.1) is 0 Å². The Morgan fingerprint density at radius 3 is 2.37 bits per heavy atom. The number of rotatable bonds is 9. The predicted molar refractivity (Wildman–Crippen MR) is 146 cm³/mol. The highest BCUT2D eigenvalue weighted by Gasteiger charge is 2.38. The summed E-state index contributed by atoms with van der Waals surface area (Å²) in [7, 11) is 3.02. The molecular weight excluding hydrogens is 506 g/mol. The number of anilines is 2. The summed E-state index contributed by atoms with van der Waals surface area (Å²) in [6.45, 7) is 1.85. The van der Waals surface area contributed by atoms with Crippen LogP contribution < -0.4 is 31.2 Å². The minimum Gasteiger partial charge on any atom is -0.493 e. The van der Waals surface area contributed by atoms with Crippen molar-refractivity contribution >= 4 is 40.6 Å². The summed E-state index contributed by atoms with van der Waals surface area (Å²) in [5.74, 6) is -0.871. The van der Waals surface area contributed by atoms with Crippen molar-refractivity contribution in [3.05, 3.63) is 64.2 Å². The average Bonchev–Trinajstić information content (AvgIpc) is 3.56. The number of amides is 3. The van der Waals surface area contributed by atoms with Crippen LogP contribution in [0.4, 0.5) is 11.4 Å². The van der Waals surface area contributed by atoms with E-state index in [0.717, 1.165) is 42.8 Å². The van der Waals surface area contributed by atoms with E-state index in [2.05, 4.69) is 9.69 Å². The van der Waals surface area contributed by atoms with Crippen molar-refractivity contribution in [3.63, 3.8) is 0 Å². The van der Waals surface area contributed by atoms with Crippen LogP contribution in [-0.2, 0) is 4.79 Å². The van der Waals surface area contributed by atoms with Crippen LogP contribution in [0.3, 0.4) is 0 Å². The topological polar surface area (TPSA) is 150 Å². The number of nitrogens with two attached hydrogens (primary N) is 2. The molecule has 1 fully saturated rings. The molecule has 38 heavy (non-hydrogen) atoms. The first-order chi connectivity index (χ1) is 18.3. The Hall–Kier alpha value is -4.12. The van der Waals surface area contributed by atoms with Gasteiger partial charge in [-0.1, -0.05) is 37.1 Å². The SMILES string of the molecule is COc1ccc([C@H](C(=O)NC2CCCC2)N(C(=O)c2snc(C(N)=O)c2N)c2ccccc2C)cc1OC. The van der Waals surface area contributed by atoms with Gasteiger partial charge in [0.25, 0.3) is 11.8 Å². The van der Waals surface area contributed by atoms with E-state index in [1.54, 1.807) is 30.3 Å². The fraction of sp³-hybridized carbons (Fsp3) is 0.333. The maximum absolute atomic E-state index is 14.2. The standard InChI is InChI=1S/C27H31N5O5S/c1-15-8-4-7-11-18(15)32(27(35)24-21(28)22(25(29)33)31-38-24)23(26(34)30-17-9-5-6-10-17)16-12-13-19(36-2)20(14-16)37-3/h4,7-8,11-14,17,23H,5-6,9-10,28H2,1-3H3,(H2,29,33)(H,30,34)/t23-/m1/s1. The lowest BCUT2D eigenvalue weighted by atomic mass is 10.00. The lowest BCUT2D eigenvalue weighted by molar-refractivity contribution is -0.123. The lowest BCUT2D eigenvalue weighted by Gasteiger charge is -2.33. The van der Waals surface area contributed by atoms with Crippen LogP contribution >= 0.6 is 11.5 Å². The van der Waals surface area contributed by atoms with E-state index in [-0.39, 0.29) is 28.2 Å². The molecule has 1 aliphatic carbocycles. The number of methoxy groups -OCH3 is 2. The Kier molecular flexibility index (Phi) is 8.16. The van der Waals surface area contributed by atoms with Gasteiger partial charge in [-0.2, -0.15) is 4.37 Å². The molecule has 0 radical (unpaired) electrons. The van der Waals surface area contributed by atoms with Crippen molar-refractivity contribution in [1.29, 1.82) is 0 Å². The number of carbonyl (C=O) groups excluding carboxylic acids is 3. The highest BCUT2D eigenvalue weighted by Crippen LogP contribution is 2.38. The highest BCUT2D eigenvalue weighted by molar-refractivity contribution is 7.09. The van der Waals surface area contributed by atoms with Gasteiger partial charge in [0.2, 0.25) is 5.91 Å². The van der Waals surface area contributed by atoms with Gasteiger partial charge in [-0.25, -0.2) is 0 Å². The maximum Gasteiger partial charge on any atom is 0.273 e. The number of nitrogen functional groups attached to an aromatic ring is 1. The van der Waals surface area contributed by atoms with Gasteiger partial charge < -0.3 is 26.3 Å². The molecule has 1 aromatic heterocycles. The second-order valence-corrected chi connectivity index (χ2v) is 9.88.